The summed E-state index contributed by atoms with van der Waals surface area (Å²) in [5.74, 6) is -0.0734. The van der Waals surface area contributed by atoms with Crippen LogP contribution in [-0.2, 0) is 6.54 Å². The monoisotopic (exact) mass is 296 g/mol. The zero-order valence-electron chi connectivity index (χ0n) is 12.0. The van der Waals surface area contributed by atoms with Crippen LogP contribution in [0.2, 0.25) is 0 Å². The maximum Gasteiger partial charge on any atom is 0.251 e. The van der Waals surface area contributed by atoms with Crippen molar-refractivity contribution in [3.63, 3.8) is 0 Å². The first-order chi connectivity index (χ1) is 10.8. The Morgan fingerprint density at radius 3 is 2.68 bits per heavy atom. The molecule has 0 aliphatic heterocycles. The lowest BCUT2D eigenvalue weighted by Crippen LogP contribution is -2.25. The van der Waals surface area contributed by atoms with Crippen LogP contribution in [0.1, 0.15) is 16.8 Å². The second-order valence-corrected chi connectivity index (χ2v) is 4.80. The van der Waals surface area contributed by atoms with Gasteiger partial charge in [0.15, 0.2) is 0 Å². The molecule has 112 valence electrons. The zero-order chi connectivity index (χ0) is 15.2. The smallest absolute Gasteiger partial charge is 0.251 e. The molecule has 0 saturated carbocycles. The van der Waals surface area contributed by atoms with Crippen LogP contribution in [0.5, 0.6) is 0 Å². The lowest BCUT2D eigenvalue weighted by Gasteiger charge is -2.06. The third-order valence-electron chi connectivity index (χ3n) is 3.25. The second kappa shape index (κ2) is 6.66. The van der Waals surface area contributed by atoms with Crippen molar-refractivity contribution in [1.29, 1.82) is 0 Å². The largest absolute Gasteiger partial charge is 0.352 e. The van der Waals surface area contributed by atoms with Crippen LogP contribution >= 0.6 is 0 Å². The van der Waals surface area contributed by atoms with E-state index >= 15 is 0 Å². The Bertz CT molecular complexity index is 703. The fraction of sp³-hybridized carbons (Fsp3) is 0.200. The van der Waals surface area contributed by atoms with Gasteiger partial charge in [-0.15, -0.1) is 0 Å². The van der Waals surface area contributed by atoms with Crippen LogP contribution in [-0.4, -0.2) is 36.8 Å². The summed E-state index contributed by atoms with van der Waals surface area (Å²) in [6.07, 6.45) is 9.37. The average Bonchev–Trinajstić information content (AvgIpc) is 3.25. The summed E-state index contributed by atoms with van der Waals surface area (Å²) in [7, 11) is 0. The van der Waals surface area contributed by atoms with E-state index in [1.165, 1.54) is 6.33 Å². The fourth-order valence-corrected chi connectivity index (χ4v) is 2.09. The van der Waals surface area contributed by atoms with Crippen molar-refractivity contribution in [3.05, 3.63) is 61.2 Å². The Kier molecular flexibility index (Phi) is 4.24. The Labute approximate surface area is 127 Å². The standard InChI is InChI=1S/C15H16N6O/c22-15(18-6-1-8-20-9-7-16-11-20)13-2-4-14(5-3-13)21-12-17-10-19-21/h2-5,7,9-12H,1,6,8H2,(H,18,22). The van der Waals surface area contributed by atoms with Gasteiger partial charge in [0.1, 0.15) is 12.7 Å². The van der Waals surface area contributed by atoms with Crippen LogP contribution in [0.15, 0.2) is 55.6 Å². The summed E-state index contributed by atoms with van der Waals surface area (Å²) in [6, 6.07) is 7.24. The predicted molar refractivity (Wildman–Crippen MR) is 80.5 cm³/mol. The molecule has 0 atom stereocenters. The van der Waals surface area contributed by atoms with Gasteiger partial charge in [-0.25, -0.2) is 14.6 Å². The number of aryl methyl sites for hydroxylation is 1. The summed E-state index contributed by atoms with van der Waals surface area (Å²) in [5.41, 5.74) is 1.50. The molecule has 1 amide bonds. The van der Waals surface area contributed by atoms with E-state index in [2.05, 4.69) is 20.4 Å². The number of carbonyl (C=O) groups excluding carboxylic acids is 1. The minimum atomic E-state index is -0.0734. The molecule has 2 heterocycles. The minimum absolute atomic E-state index is 0.0734. The van der Waals surface area contributed by atoms with E-state index in [0.29, 0.717) is 12.1 Å². The number of benzene rings is 1. The van der Waals surface area contributed by atoms with Gasteiger partial charge in [-0.05, 0) is 30.7 Å². The number of hydrogen-bond donors (Lipinski definition) is 1. The van der Waals surface area contributed by atoms with Crippen molar-refractivity contribution in [3.8, 4) is 5.69 Å². The number of imidazole rings is 1. The highest BCUT2D eigenvalue weighted by Gasteiger charge is 2.05. The number of carbonyl (C=O) groups is 1. The van der Waals surface area contributed by atoms with Crippen molar-refractivity contribution in [1.82, 2.24) is 29.6 Å². The van der Waals surface area contributed by atoms with Crippen molar-refractivity contribution in [2.75, 3.05) is 6.54 Å². The Morgan fingerprint density at radius 2 is 2.00 bits per heavy atom. The molecular formula is C15H16N6O. The molecule has 7 heteroatoms. The molecule has 0 aliphatic rings. The van der Waals surface area contributed by atoms with Crippen LogP contribution in [0, 0.1) is 0 Å². The molecule has 0 saturated heterocycles. The second-order valence-electron chi connectivity index (χ2n) is 4.80. The van der Waals surface area contributed by atoms with E-state index in [0.717, 1.165) is 18.7 Å². The highest BCUT2D eigenvalue weighted by atomic mass is 16.1. The molecule has 0 spiro atoms. The number of amides is 1. The van der Waals surface area contributed by atoms with Gasteiger partial charge in [0.05, 0.1) is 12.0 Å². The summed E-state index contributed by atoms with van der Waals surface area (Å²) in [5, 5.41) is 6.95. The van der Waals surface area contributed by atoms with Crippen molar-refractivity contribution in [2.24, 2.45) is 0 Å². The van der Waals surface area contributed by atoms with E-state index in [9.17, 15) is 4.79 Å². The van der Waals surface area contributed by atoms with Crippen molar-refractivity contribution >= 4 is 5.91 Å². The molecule has 1 N–H and O–H groups in total. The maximum absolute atomic E-state index is 12.0. The number of rotatable bonds is 6. The Balaban J connectivity index is 1.49. The average molecular weight is 296 g/mol. The molecule has 7 nitrogen and oxygen atoms in total. The number of nitrogens with one attached hydrogen (secondary N) is 1. The van der Waals surface area contributed by atoms with Crippen molar-refractivity contribution < 1.29 is 4.79 Å². The van der Waals surface area contributed by atoms with E-state index in [4.69, 9.17) is 0 Å². The molecule has 1 aromatic carbocycles. The van der Waals surface area contributed by atoms with E-state index in [-0.39, 0.29) is 5.91 Å². The van der Waals surface area contributed by atoms with Gasteiger partial charge in [0, 0.05) is 31.0 Å². The molecule has 0 aliphatic carbocycles. The topological polar surface area (TPSA) is 77.6 Å². The summed E-state index contributed by atoms with van der Waals surface area (Å²) < 4.78 is 3.63. The maximum atomic E-state index is 12.0. The van der Waals surface area contributed by atoms with E-state index < -0.39 is 0 Å². The van der Waals surface area contributed by atoms with Gasteiger partial charge < -0.3 is 9.88 Å². The van der Waals surface area contributed by atoms with Gasteiger partial charge in [-0.3, -0.25) is 4.79 Å². The first kappa shape index (κ1) is 14.0. The summed E-state index contributed by atoms with van der Waals surface area (Å²) in [6.45, 7) is 1.47. The molecule has 0 bridgehead atoms. The lowest BCUT2D eigenvalue weighted by molar-refractivity contribution is 0.0952. The van der Waals surface area contributed by atoms with E-state index in [1.54, 1.807) is 35.7 Å². The first-order valence-electron chi connectivity index (χ1n) is 7.02. The first-order valence-corrected chi connectivity index (χ1v) is 7.02. The molecule has 3 rings (SSSR count). The van der Waals surface area contributed by atoms with Gasteiger partial charge in [-0.2, -0.15) is 5.10 Å². The highest BCUT2D eigenvalue weighted by Crippen LogP contribution is 2.08. The normalized spacial score (nSPS) is 10.5. The van der Waals surface area contributed by atoms with Crippen LogP contribution < -0.4 is 5.32 Å². The van der Waals surface area contributed by atoms with Gasteiger partial charge in [0.25, 0.3) is 5.91 Å². The Hall–Kier alpha value is -2.96. The number of hydrogen-bond acceptors (Lipinski definition) is 4. The summed E-state index contributed by atoms with van der Waals surface area (Å²) in [4.78, 5) is 19.9. The molecule has 0 unspecified atom stereocenters. The quantitative estimate of drug-likeness (QED) is 0.695. The van der Waals surface area contributed by atoms with Crippen LogP contribution in [0.25, 0.3) is 5.69 Å². The Morgan fingerprint density at radius 1 is 1.14 bits per heavy atom. The number of aromatic nitrogens is 5. The molecular weight excluding hydrogens is 280 g/mol. The third-order valence-corrected chi connectivity index (χ3v) is 3.25. The van der Waals surface area contributed by atoms with Gasteiger partial charge in [-0.1, -0.05) is 0 Å². The zero-order valence-corrected chi connectivity index (χ0v) is 12.0. The molecule has 22 heavy (non-hydrogen) atoms. The number of nitrogens with zero attached hydrogens (tertiary/aromatic N) is 5. The molecule has 0 radical (unpaired) electrons. The SMILES string of the molecule is O=C(NCCCn1ccnc1)c1ccc(-n2cncn2)cc1. The minimum Gasteiger partial charge on any atom is -0.352 e. The summed E-state index contributed by atoms with van der Waals surface area (Å²) >= 11 is 0. The van der Waals surface area contributed by atoms with Gasteiger partial charge >= 0.3 is 0 Å². The molecule has 2 aromatic heterocycles. The van der Waals surface area contributed by atoms with Crippen LogP contribution in [0.3, 0.4) is 0 Å². The lowest BCUT2D eigenvalue weighted by atomic mass is 10.2. The predicted octanol–water partition coefficient (Wildman–Crippen LogP) is 1.28. The third kappa shape index (κ3) is 3.38. The van der Waals surface area contributed by atoms with Crippen molar-refractivity contribution in [2.45, 2.75) is 13.0 Å². The van der Waals surface area contributed by atoms with Gasteiger partial charge in [0.2, 0.25) is 0 Å². The van der Waals surface area contributed by atoms with E-state index in [1.807, 2.05) is 22.9 Å². The molecule has 0 fully saturated rings. The fourth-order valence-electron chi connectivity index (χ4n) is 2.09. The van der Waals surface area contributed by atoms with Crippen LogP contribution in [0.4, 0.5) is 0 Å². The molecule has 3 aromatic rings. The highest BCUT2D eigenvalue weighted by molar-refractivity contribution is 5.94.